The van der Waals surface area contributed by atoms with Crippen LogP contribution in [-0.2, 0) is 6.54 Å². The van der Waals surface area contributed by atoms with E-state index in [1.54, 1.807) is 0 Å². The van der Waals surface area contributed by atoms with E-state index < -0.39 is 0 Å². The van der Waals surface area contributed by atoms with Gasteiger partial charge in [-0.15, -0.1) is 11.3 Å². The van der Waals surface area contributed by atoms with E-state index in [2.05, 4.69) is 22.0 Å². The summed E-state index contributed by atoms with van der Waals surface area (Å²) in [5, 5.41) is 2.55. The molecule has 0 aliphatic rings. The molecule has 3 nitrogen and oxygen atoms in total. The van der Waals surface area contributed by atoms with Crippen LogP contribution in [0.3, 0.4) is 0 Å². The summed E-state index contributed by atoms with van der Waals surface area (Å²) in [5.41, 5.74) is 2.19. The minimum Gasteiger partial charge on any atom is -0.302 e. The van der Waals surface area contributed by atoms with Crippen LogP contribution in [0.25, 0.3) is 0 Å². The van der Waals surface area contributed by atoms with Gasteiger partial charge in [0.1, 0.15) is 0 Å². The van der Waals surface area contributed by atoms with Crippen LogP contribution in [0.5, 0.6) is 0 Å². The highest BCUT2D eigenvalue weighted by Gasteiger charge is 2.11. The maximum absolute atomic E-state index is 11.9. The van der Waals surface area contributed by atoms with E-state index in [1.807, 2.05) is 37.6 Å². The number of Topliss-reactive ketones (excluding diaryl/α,β-unsaturated/α-hetero) is 1. The van der Waals surface area contributed by atoms with E-state index in [1.165, 1.54) is 16.9 Å². The van der Waals surface area contributed by atoms with Crippen molar-refractivity contribution in [2.45, 2.75) is 19.9 Å². The second-order valence-electron chi connectivity index (χ2n) is 4.69. The van der Waals surface area contributed by atoms with Crippen molar-refractivity contribution in [3.05, 3.63) is 52.0 Å². The maximum Gasteiger partial charge on any atom is 0.192 e. The molecule has 0 aliphatic carbocycles. The smallest absolute Gasteiger partial charge is 0.192 e. The van der Waals surface area contributed by atoms with Gasteiger partial charge in [-0.25, -0.2) is 4.98 Å². The zero-order valence-electron chi connectivity index (χ0n) is 11.3. The van der Waals surface area contributed by atoms with Gasteiger partial charge in [-0.2, -0.15) is 0 Å². The fourth-order valence-electron chi connectivity index (χ4n) is 1.86. The van der Waals surface area contributed by atoms with E-state index in [-0.39, 0.29) is 5.78 Å². The van der Waals surface area contributed by atoms with Gasteiger partial charge in [-0.1, -0.05) is 30.3 Å². The summed E-state index contributed by atoms with van der Waals surface area (Å²) in [5.74, 6) is 0.137. The number of hydrogen-bond acceptors (Lipinski definition) is 4. The van der Waals surface area contributed by atoms with Crippen molar-refractivity contribution in [2.75, 3.05) is 13.6 Å². The number of hydrogen-bond donors (Lipinski definition) is 0. The quantitative estimate of drug-likeness (QED) is 0.759. The summed E-state index contributed by atoms with van der Waals surface area (Å²) in [6.07, 6.45) is 0.524. The lowest BCUT2D eigenvalue weighted by molar-refractivity contribution is 0.0967. The van der Waals surface area contributed by atoms with Crippen molar-refractivity contribution in [3.63, 3.8) is 0 Å². The van der Waals surface area contributed by atoms with Crippen molar-refractivity contribution >= 4 is 17.1 Å². The molecular weight excluding hydrogens is 256 g/mol. The Morgan fingerprint density at radius 3 is 2.68 bits per heavy atom. The van der Waals surface area contributed by atoms with E-state index in [9.17, 15) is 4.79 Å². The molecule has 0 bridgehead atoms. The molecule has 1 aromatic heterocycles. The van der Waals surface area contributed by atoms with Crippen LogP contribution in [-0.4, -0.2) is 29.3 Å². The summed E-state index contributed by atoms with van der Waals surface area (Å²) < 4.78 is 0. The molecule has 2 aromatic rings. The second kappa shape index (κ2) is 6.59. The summed E-state index contributed by atoms with van der Waals surface area (Å²) in [7, 11) is 2.04. The van der Waals surface area contributed by atoms with Crippen LogP contribution in [0, 0.1) is 6.92 Å². The fraction of sp³-hybridized carbons (Fsp3) is 0.333. The normalized spacial score (nSPS) is 10.9. The molecule has 4 heteroatoms. The summed E-state index contributed by atoms with van der Waals surface area (Å²) >= 11 is 1.43. The van der Waals surface area contributed by atoms with Gasteiger partial charge in [-0.05, 0) is 19.5 Å². The molecule has 0 saturated carbocycles. The molecule has 1 heterocycles. The number of carbonyl (C=O) groups is 1. The van der Waals surface area contributed by atoms with Crippen molar-refractivity contribution in [1.82, 2.24) is 9.88 Å². The number of aryl methyl sites for hydroxylation is 1. The first-order valence-electron chi connectivity index (χ1n) is 6.33. The molecule has 0 spiro atoms. The number of benzene rings is 1. The zero-order chi connectivity index (χ0) is 13.7. The number of aromatic nitrogens is 1. The average Bonchev–Trinajstić information content (AvgIpc) is 2.84. The minimum atomic E-state index is 0.137. The van der Waals surface area contributed by atoms with E-state index in [0.29, 0.717) is 11.4 Å². The Morgan fingerprint density at radius 1 is 1.32 bits per heavy atom. The molecule has 0 aliphatic heterocycles. The average molecular weight is 274 g/mol. The zero-order valence-corrected chi connectivity index (χ0v) is 12.1. The molecule has 1 aromatic carbocycles. The van der Waals surface area contributed by atoms with Gasteiger partial charge in [0.25, 0.3) is 0 Å². The van der Waals surface area contributed by atoms with Gasteiger partial charge in [0, 0.05) is 30.6 Å². The third-order valence-electron chi connectivity index (χ3n) is 2.87. The summed E-state index contributed by atoms with van der Waals surface area (Å²) in [6.45, 7) is 3.53. The van der Waals surface area contributed by atoms with Crippen LogP contribution in [0.4, 0.5) is 0 Å². The van der Waals surface area contributed by atoms with Crippen molar-refractivity contribution in [2.24, 2.45) is 0 Å². The number of thiazole rings is 1. The molecule has 0 amide bonds. The molecule has 0 unspecified atom stereocenters. The van der Waals surface area contributed by atoms with Gasteiger partial charge >= 0.3 is 0 Å². The predicted octanol–water partition coefficient (Wildman–Crippen LogP) is 3.16. The Kier molecular flexibility index (Phi) is 4.82. The molecule has 0 fully saturated rings. The van der Waals surface area contributed by atoms with Crippen molar-refractivity contribution < 1.29 is 4.79 Å². The monoisotopic (exact) mass is 274 g/mol. The molecular formula is C15H18N2OS. The van der Waals surface area contributed by atoms with Gasteiger partial charge < -0.3 is 4.90 Å². The molecule has 0 atom stereocenters. The Balaban J connectivity index is 1.80. The highest BCUT2D eigenvalue weighted by atomic mass is 32.1. The SMILES string of the molecule is Cc1csc(C(=O)CCN(C)Cc2ccccc2)n1. The third-order valence-corrected chi connectivity index (χ3v) is 3.87. The first-order valence-corrected chi connectivity index (χ1v) is 7.21. The van der Waals surface area contributed by atoms with Gasteiger partial charge in [0.15, 0.2) is 10.8 Å². The lowest BCUT2D eigenvalue weighted by Gasteiger charge is -2.15. The van der Waals surface area contributed by atoms with E-state index in [0.717, 1.165) is 18.8 Å². The van der Waals surface area contributed by atoms with Gasteiger partial charge in [0.05, 0.1) is 0 Å². The standard InChI is InChI=1S/C15H18N2OS/c1-12-11-19-15(16-12)14(18)8-9-17(2)10-13-6-4-3-5-7-13/h3-7,11H,8-10H2,1-2H3. The van der Waals surface area contributed by atoms with Crippen molar-refractivity contribution in [1.29, 1.82) is 0 Å². The summed E-state index contributed by atoms with van der Waals surface area (Å²) in [6, 6.07) is 10.3. The van der Waals surface area contributed by atoms with Crippen LogP contribution in [0.1, 0.15) is 27.5 Å². The van der Waals surface area contributed by atoms with Gasteiger partial charge in [-0.3, -0.25) is 4.79 Å². The number of ketones is 1. The van der Waals surface area contributed by atoms with E-state index in [4.69, 9.17) is 0 Å². The highest BCUT2D eigenvalue weighted by molar-refractivity contribution is 7.11. The number of nitrogens with zero attached hydrogens (tertiary/aromatic N) is 2. The molecule has 0 radical (unpaired) electrons. The molecule has 2 rings (SSSR count). The first kappa shape index (κ1) is 13.9. The Morgan fingerprint density at radius 2 is 2.05 bits per heavy atom. The minimum absolute atomic E-state index is 0.137. The largest absolute Gasteiger partial charge is 0.302 e. The Bertz CT molecular complexity index is 536. The third kappa shape index (κ3) is 4.26. The molecule has 0 saturated heterocycles. The predicted molar refractivity (Wildman–Crippen MR) is 78.6 cm³/mol. The molecule has 19 heavy (non-hydrogen) atoms. The van der Waals surface area contributed by atoms with Crippen LogP contribution < -0.4 is 0 Å². The lowest BCUT2D eigenvalue weighted by atomic mass is 10.2. The summed E-state index contributed by atoms with van der Waals surface area (Å²) in [4.78, 5) is 18.3. The lowest BCUT2D eigenvalue weighted by Crippen LogP contribution is -2.21. The van der Waals surface area contributed by atoms with Crippen LogP contribution >= 0.6 is 11.3 Å². The van der Waals surface area contributed by atoms with Crippen LogP contribution in [0.2, 0.25) is 0 Å². The molecule has 0 N–H and O–H groups in total. The van der Waals surface area contributed by atoms with Gasteiger partial charge in [0.2, 0.25) is 0 Å². The first-order chi connectivity index (χ1) is 9.15. The van der Waals surface area contributed by atoms with Crippen LogP contribution in [0.15, 0.2) is 35.7 Å². The number of rotatable bonds is 6. The number of carbonyl (C=O) groups excluding carboxylic acids is 1. The Labute approximate surface area is 117 Å². The van der Waals surface area contributed by atoms with E-state index >= 15 is 0 Å². The maximum atomic E-state index is 11.9. The van der Waals surface area contributed by atoms with Crippen molar-refractivity contribution in [3.8, 4) is 0 Å². The highest BCUT2D eigenvalue weighted by Crippen LogP contribution is 2.11. The topological polar surface area (TPSA) is 33.2 Å². The second-order valence-corrected chi connectivity index (χ2v) is 5.55. The fourth-order valence-corrected chi connectivity index (χ4v) is 2.62. The Hall–Kier alpha value is -1.52. The molecule has 100 valence electrons.